The van der Waals surface area contributed by atoms with Crippen molar-refractivity contribution in [1.82, 2.24) is 14.7 Å². The fraction of sp³-hybridized carbons (Fsp3) is 0.594. The number of likely N-dealkylation sites (N-methyl/N-ethyl adjacent to an activating group) is 1. The average Bonchev–Trinajstić information content (AvgIpc) is 2.90. The van der Waals surface area contributed by atoms with Crippen LogP contribution in [0.4, 0.5) is 0 Å². The lowest BCUT2D eigenvalue weighted by molar-refractivity contribution is -0.143. The third kappa shape index (κ3) is 6.98. The molecule has 1 saturated carbocycles. The Kier molecular flexibility index (Phi) is 10.3. The first-order valence-corrected chi connectivity index (χ1v) is 14.9. The molecule has 0 amide bonds. The summed E-state index contributed by atoms with van der Waals surface area (Å²) in [6.45, 7) is 11.5. The van der Waals surface area contributed by atoms with Crippen molar-refractivity contribution in [2.45, 2.75) is 83.3 Å². The topological polar surface area (TPSA) is 47.0 Å². The summed E-state index contributed by atoms with van der Waals surface area (Å²) in [6.07, 6.45) is 6.93. The Morgan fingerprint density at radius 2 is 1.68 bits per heavy atom. The maximum Gasteiger partial charge on any atom is 0.325 e. The molecule has 2 aromatic rings. The highest BCUT2D eigenvalue weighted by Gasteiger charge is 2.32. The Balaban J connectivity index is 1.55. The second-order valence-corrected chi connectivity index (χ2v) is 12.1. The molecule has 5 nitrogen and oxygen atoms in total. The van der Waals surface area contributed by atoms with Gasteiger partial charge in [-0.3, -0.25) is 19.5 Å². The standard InChI is InChI=1S/C32H46ClN3O2/c1-23(2)35-18-20-36(21-19-35)29(26-13-9-14-27(33)22-26)16-17-34(4)31(32(37)38)28-15-8-10-24(3)30(28)25-11-6-5-7-12-25/h8-10,13-15,22-23,25,29,31H,5-7,11-12,16-21H2,1-4H3,(H,37,38). The van der Waals surface area contributed by atoms with Crippen LogP contribution in [-0.4, -0.2) is 71.6 Å². The number of carboxylic acids is 1. The monoisotopic (exact) mass is 539 g/mol. The molecule has 208 valence electrons. The predicted octanol–water partition coefficient (Wildman–Crippen LogP) is 6.91. The lowest BCUT2D eigenvalue weighted by Crippen LogP contribution is -2.50. The third-order valence-corrected chi connectivity index (χ3v) is 9.08. The molecule has 1 aliphatic carbocycles. The fourth-order valence-electron chi connectivity index (χ4n) is 6.74. The van der Waals surface area contributed by atoms with Crippen LogP contribution in [0.2, 0.25) is 5.02 Å². The Morgan fingerprint density at radius 1 is 1.03 bits per heavy atom. The quantitative estimate of drug-likeness (QED) is 0.355. The summed E-state index contributed by atoms with van der Waals surface area (Å²) in [6, 6.07) is 14.6. The van der Waals surface area contributed by atoms with E-state index in [9.17, 15) is 9.90 Å². The van der Waals surface area contributed by atoms with Crippen molar-refractivity contribution in [3.63, 3.8) is 0 Å². The largest absolute Gasteiger partial charge is 0.480 e. The SMILES string of the molecule is Cc1cccc(C(C(=O)O)N(C)CCC(c2cccc(Cl)c2)N2CCN(C(C)C)CC2)c1C1CCCCC1. The summed E-state index contributed by atoms with van der Waals surface area (Å²) in [5.41, 5.74) is 4.71. The van der Waals surface area contributed by atoms with Crippen LogP contribution in [0.3, 0.4) is 0 Å². The smallest absolute Gasteiger partial charge is 0.325 e. The van der Waals surface area contributed by atoms with Gasteiger partial charge in [0.1, 0.15) is 6.04 Å². The van der Waals surface area contributed by atoms with Crippen molar-refractivity contribution in [1.29, 1.82) is 0 Å². The zero-order chi connectivity index (χ0) is 27.2. The number of halogens is 1. The van der Waals surface area contributed by atoms with Crippen molar-refractivity contribution in [3.05, 3.63) is 69.7 Å². The minimum absolute atomic E-state index is 0.204. The summed E-state index contributed by atoms with van der Waals surface area (Å²) in [5.74, 6) is -0.299. The number of carboxylic acid groups (broad SMARTS) is 1. The van der Waals surface area contributed by atoms with Crippen LogP contribution >= 0.6 is 11.6 Å². The molecule has 1 aliphatic heterocycles. The van der Waals surface area contributed by atoms with E-state index in [1.54, 1.807) is 0 Å². The second-order valence-electron chi connectivity index (χ2n) is 11.7. The zero-order valence-electron chi connectivity index (χ0n) is 23.7. The minimum atomic E-state index is -0.764. The van der Waals surface area contributed by atoms with Crippen molar-refractivity contribution in [2.75, 3.05) is 39.8 Å². The van der Waals surface area contributed by atoms with Crippen LogP contribution in [0.15, 0.2) is 42.5 Å². The molecule has 38 heavy (non-hydrogen) atoms. The summed E-state index contributed by atoms with van der Waals surface area (Å²) >= 11 is 6.42. The van der Waals surface area contributed by atoms with Gasteiger partial charge in [0.25, 0.3) is 0 Å². The number of hydrogen-bond donors (Lipinski definition) is 1. The Morgan fingerprint density at radius 3 is 2.32 bits per heavy atom. The lowest BCUT2D eigenvalue weighted by atomic mass is 9.78. The highest BCUT2D eigenvalue weighted by atomic mass is 35.5. The first-order chi connectivity index (χ1) is 18.3. The maximum absolute atomic E-state index is 12.8. The molecule has 2 aliphatic rings. The third-order valence-electron chi connectivity index (χ3n) is 8.85. The lowest BCUT2D eigenvalue weighted by Gasteiger charge is -2.41. The Bertz CT molecular complexity index is 1060. The molecule has 0 bridgehead atoms. The van der Waals surface area contributed by atoms with Crippen LogP contribution in [0, 0.1) is 6.92 Å². The molecule has 2 unspecified atom stereocenters. The van der Waals surface area contributed by atoms with E-state index in [1.807, 2.05) is 25.2 Å². The minimum Gasteiger partial charge on any atom is -0.480 e. The molecule has 2 atom stereocenters. The van der Waals surface area contributed by atoms with Gasteiger partial charge in [-0.05, 0) is 87.4 Å². The molecule has 0 radical (unpaired) electrons. The van der Waals surface area contributed by atoms with Gasteiger partial charge >= 0.3 is 5.97 Å². The van der Waals surface area contributed by atoms with E-state index in [1.165, 1.54) is 36.0 Å². The summed E-state index contributed by atoms with van der Waals surface area (Å²) in [4.78, 5) is 19.9. The zero-order valence-corrected chi connectivity index (χ0v) is 24.5. The van der Waals surface area contributed by atoms with Crippen LogP contribution < -0.4 is 0 Å². The van der Waals surface area contributed by atoms with Crippen LogP contribution in [-0.2, 0) is 4.79 Å². The van der Waals surface area contributed by atoms with Gasteiger partial charge in [-0.1, -0.05) is 61.2 Å². The van der Waals surface area contributed by atoms with Crippen LogP contribution in [0.25, 0.3) is 0 Å². The van der Waals surface area contributed by atoms with Crippen LogP contribution in [0.5, 0.6) is 0 Å². The first kappa shape index (κ1) is 29.1. The Hall–Kier alpha value is -1.92. The number of rotatable bonds is 10. The van der Waals surface area contributed by atoms with Gasteiger partial charge in [-0.25, -0.2) is 0 Å². The molecule has 2 aromatic carbocycles. The Labute approximate surface area is 234 Å². The number of aliphatic carboxylic acids is 1. The molecular formula is C32H46ClN3O2. The van der Waals surface area contributed by atoms with E-state index in [2.05, 4.69) is 59.7 Å². The van der Waals surface area contributed by atoms with Gasteiger partial charge in [0.05, 0.1) is 0 Å². The van der Waals surface area contributed by atoms with Gasteiger partial charge in [0.15, 0.2) is 0 Å². The fourth-order valence-corrected chi connectivity index (χ4v) is 6.94. The summed E-state index contributed by atoms with van der Waals surface area (Å²) in [7, 11) is 1.98. The van der Waals surface area contributed by atoms with Gasteiger partial charge in [0.2, 0.25) is 0 Å². The molecule has 4 rings (SSSR count). The van der Waals surface area contributed by atoms with Crippen LogP contribution in [0.1, 0.15) is 92.6 Å². The highest BCUT2D eigenvalue weighted by molar-refractivity contribution is 6.30. The molecule has 2 fully saturated rings. The molecule has 1 saturated heterocycles. The van der Waals surface area contributed by atoms with Crippen molar-refractivity contribution in [3.8, 4) is 0 Å². The normalized spacial score (nSPS) is 19.7. The number of piperazine rings is 1. The van der Waals surface area contributed by atoms with E-state index in [4.69, 9.17) is 11.6 Å². The molecule has 0 spiro atoms. The highest BCUT2D eigenvalue weighted by Crippen LogP contribution is 2.39. The number of benzene rings is 2. The van der Waals surface area contributed by atoms with Gasteiger partial charge < -0.3 is 5.11 Å². The second kappa shape index (κ2) is 13.4. The molecule has 1 heterocycles. The molecular weight excluding hydrogens is 494 g/mol. The summed E-state index contributed by atoms with van der Waals surface area (Å²) in [5, 5.41) is 11.2. The molecule has 0 aromatic heterocycles. The number of aryl methyl sites for hydroxylation is 1. The van der Waals surface area contributed by atoms with E-state index in [-0.39, 0.29) is 6.04 Å². The van der Waals surface area contributed by atoms with Gasteiger partial charge in [0, 0.05) is 49.8 Å². The maximum atomic E-state index is 12.8. The van der Waals surface area contributed by atoms with Crippen molar-refractivity contribution >= 4 is 17.6 Å². The van der Waals surface area contributed by atoms with E-state index in [0.29, 0.717) is 18.5 Å². The van der Waals surface area contributed by atoms with E-state index in [0.717, 1.165) is 56.0 Å². The van der Waals surface area contributed by atoms with Gasteiger partial charge in [-0.2, -0.15) is 0 Å². The molecule has 1 N–H and O–H groups in total. The van der Waals surface area contributed by atoms with Crippen molar-refractivity contribution in [2.24, 2.45) is 0 Å². The first-order valence-electron chi connectivity index (χ1n) is 14.5. The van der Waals surface area contributed by atoms with Gasteiger partial charge in [-0.15, -0.1) is 0 Å². The van der Waals surface area contributed by atoms with E-state index < -0.39 is 12.0 Å². The average molecular weight is 540 g/mol. The summed E-state index contributed by atoms with van der Waals surface area (Å²) < 4.78 is 0. The number of hydrogen-bond acceptors (Lipinski definition) is 4. The predicted molar refractivity (Wildman–Crippen MR) is 157 cm³/mol. The number of carbonyl (C=O) groups is 1. The molecule has 6 heteroatoms. The van der Waals surface area contributed by atoms with E-state index >= 15 is 0 Å². The number of nitrogens with zero attached hydrogens (tertiary/aromatic N) is 3. The van der Waals surface area contributed by atoms with Crippen molar-refractivity contribution < 1.29 is 9.90 Å².